The van der Waals surface area contributed by atoms with E-state index in [1.54, 1.807) is 25.1 Å². The van der Waals surface area contributed by atoms with Gasteiger partial charge in [0.05, 0.1) is 11.5 Å². The summed E-state index contributed by atoms with van der Waals surface area (Å²) in [5.41, 5.74) is 0.277. The summed E-state index contributed by atoms with van der Waals surface area (Å²) in [6.07, 6.45) is 0.708. The Morgan fingerprint density at radius 2 is 1.91 bits per heavy atom. The Labute approximate surface area is 135 Å². The lowest BCUT2D eigenvalue weighted by atomic mass is 10.2. The van der Waals surface area contributed by atoms with Crippen LogP contribution in [0.15, 0.2) is 45.8 Å². The molecule has 1 heterocycles. The zero-order valence-electron chi connectivity index (χ0n) is 13.0. The number of allylic oxidation sites excluding steroid dienone is 2. The van der Waals surface area contributed by atoms with Crippen molar-refractivity contribution in [3.05, 3.63) is 40.9 Å². The molecule has 23 heavy (non-hydrogen) atoms. The van der Waals surface area contributed by atoms with E-state index in [-0.39, 0.29) is 22.1 Å². The first-order chi connectivity index (χ1) is 10.9. The second kappa shape index (κ2) is 6.95. The van der Waals surface area contributed by atoms with Gasteiger partial charge in [-0.15, -0.1) is 0 Å². The van der Waals surface area contributed by atoms with Crippen LogP contribution in [0.5, 0.6) is 0 Å². The number of esters is 1. The summed E-state index contributed by atoms with van der Waals surface area (Å²) >= 11 is 0. The van der Waals surface area contributed by atoms with Crippen LogP contribution >= 0.6 is 0 Å². The molecule has 7 heteroatoms. The van der Waals surface area contributed by atoms with Gasteiger partial charge < -0.3 is 10.1 Å². The molecule has 1 aliphatic heterocycles. The number of carbonyl (C=O) groups is 2. The van der Waals surface area contributed by atoms with Crippen LogP contribution in [-0.4, -0.2) is 32.8 Å². The number of nitrogens with one attached hydrogen (secondary N) is 1. The fraction of sp³-hybridized carbons (Fsp3) is 0.375. The molecule has 0 radical (unpaired) electrons. The lowest BCUT2D eigenvalue weighted by Crippen LogP contribution is -2.33. The third-order valence-corrected chi connectivity index (χ3v) is 5.48. The van der Waals surface area contributed by atoms with Crippen LogP contribution in [0.2, 0.25) is 0 Å². The molecular formula is C16H19NO5S. The van der Waals surface area contributed by atoms with Crippen molar-refractivity contribution in [2.24, 2.45) is 0 Å². The number of hydrogen-bond donors (Lipinski definition) is 1. The molecule has 1 N–H and O–H groups in total. The third-order valence-electron chi connectivity index (χ3n) is 3.52. The van der Waals surface area contributed by atoms with Gasteiger partial charge in [0.15, 0.2) is 5.78 Å². The Morgan fingerprint density at radius 3 is 2.48 bits per heavy atom. The van der Waals surface area contributed by atoms with Gasteiger partial charge in [0.1, 0.15) is 10.9 Å². The molecule has 6 nitrogen and oxygen atoms in total. The van der Waals surface area contributed by atoms with Crippen LogP contribution in [0.25, 0.3) is 0 Å². The van der Waals surface area contributed by atoms with E-state index in [4.69, 9.17) is 4.74 Å². The quantitative estimate of drug-likeness (QED) is 0.648. The van der Waals surface area contributed by atoms with E-state index >= 15 is 0 Å². The highest BCUT2D eigenvalue weighted by Gasteiger charge is 2.34. The highest BCUT2D eigenvalue weighted by molar-refractivity contribution is 7.96. The lowest BCUT2D eigenvalue weighted by Gasteiger charge is -2.13. The minimum absolute atomic E-state index is 0.0547. The van der Waals surface area contributed by atoms with Crippen LogP contribution in [0, 0.1) is 0 Å². The first-order valence-electron chi connectivity index (χ1n) is 7.35. The van der Waals surface area contributed by atoms with Crippen LogP contribution in [-0.2, 0) is 24.2 Å². The zero-order chi connectivity index (χ0) is 17.0. The number of ketones is 1. The van der Waals surface area contributed by atoms with Gasteiger partial charge in [0.25, 0.3) is 0 Å². The van der Waals surface area contributed by atoms with Crippen molar-refractivity contribution >= 4 is 21.6 Å². The lowest BCUT2D eigenvalue weighted by molar-refractivity contribution is -0.145. The first kappa shape index (κ1) is 17.2. The van der Waals surface area contributed by atoms with Crippen molar-refractivity contribution in [2.45, 2.75) is 37.6 Å². The van der Waals surface area contributed by atoms with Crippen molar-refractivity contribution in [3.8, 4) is 0 Å². The third kappa shape index (κ3) is 3.61. The molecule has 0 bridgehead atoms. The minimum Gasteiger partial charge on any atom is -0.464 e. The van der Waals surface area contributed by atoms with E-state index < -0.39 is 27.6 Å². The zero-order valence-corrected chi connectivity index (χ0v) is 13.9. The molecule has 0 aliphatic carbocycles. The Kier molecular flexibility index (Phi) is 5.20. The SMILES string of the molecule is CCOC(=O)[C@@H]1CC/C(=C(\C(C)=O)S(=O)(=O)c2ccccc2)N1. The molecule has 2 rings (SSSR count). The highest BCUT2D eigenvalue weighted by Crippen LogP contribution is 2.28. The second-order valence-corrected chi connectivity index (χ2v) is 7.05. The van der Waals surface area contributed by atoms with E-state index in [2.05, 4.69) is 5.32 Å². The Balaban J connectivity index is 2.40. The fourth-order valence-corrected chi connectivity index (χ4v) is 4.14. The van der Waals surface area contributed by atoms with Crippen molar-refractivity contribution in [3.63, 3.8) is 0 Å². The number of ether oxygens (including phenoxy) is 1. The molecule has 1 atom stereocenters. The Morgan fingerprint density at radius 1 is 1.26 bits per heavy atom. The largest absolute Gasteiger partial charge is 0.464 e. The molecular weight excluding hydrogens is 318 g/mol. The van der Waals surface area contributed by atoms with E-state index in [1.807, 2.05) is 0 Å². The number of hydrogen-bond acceptors (Lipinski definition) is 6. The number of sulfone groups is 1. The van der Waals surface area contributed by atoms with Crippen LogP contribution in [0.4, 0.5) is 0 Å². The molecule has 0 unspecified atom stereocenters. The minimum atomic E-state index is -3.93. The van der Waals surface area contributed by atoms with Gasteiger partial charge in [-0.3, -0.25) is 4.79 Å². The number of Topliss-reactive ketones (excluding diaryl/α,β-unsaturated/α-hetero) is 1. The fourth-order valence-electron chi connectivity index (χ4n) is 2.52. The summed E-state index contributed by atoms with van der Waals surface area (Å²) in [5, 5.41) is 2.84. The van der Waals surface area contributed by atoms with Crippen molar-refractivity contribution in [2.75, 3.05) is 6.61 Å². The molecule has 0 spiro atoms. The highest BCUT2D eigenvalue weighted by atomic mass is 32.2. The topological polar surface area (TPSA) is 89.5 Å². The van der Waals surface area contributed by atoms with Gasteiger partial charge in [-0.25, -0.2) is 13.2 Å². The van der Waals surface area contributed by atoms with Gasteiger partial charge in [-0.2, -0.15) is 0 Å². The summed E-state index contributed by atoms with van der Waals surface area (Å²) in [6.45, 7) is 3.16. The van der Waals surface area contributed by atoms with Crippen LogP contribution in [0.3, 0.4) is 0 Å². The molecule has 0 saturated carbocycles. The molecule has 1 aromatic carbocycles. The average Bonchev–Trinajstić information content (AvgIpc) is 2.97. The van der Waals surface area contributed by atoms with Gasteiger partial charge in [-0.1, -0.05) is 18.2 Å². The normalized spacial score (nSPS) is 19.8. The van der Waals surface area contributed by atoms with E-state index in [1.165, 1.54) is 19.1 Å². The summed E-state index contributed by atoms with van der Waals surface area (Å²) in [4.78, 5) is 23.5. The average molecular weight is 337 g/mol. The summed E-state index contributed by atoms with van der Waals surface area (Å²) < 4.78 is 30.4. The summed E-state index contributed by atoms with van der Waals surface area (Å²) in [6, 6.07) is 7.15. The molecule has 1 aliphatic rings. The molecule has 124 valence electrons. The van der Waals surface area contributed by atoms with Gasteiger partial charge in [0, 0.05) is 5.70 Å². The summed E-state index contributed by atoms with van der Waals surface area (Å²) in [7, 11) is -3.93. The predicted octanol–water partition coefficient (Wildman–Crippen LogP) is 1.58. The Bertz CT molecular complexity index is 737. The smallest absolute Gasteiger partial charge is 0.328 e. The molecule has 1 aromatic rings. The molecule has 0 aromatic heterocycles. The van der Waals surface area contributed by atoms with Gasteiger partial charge in [-0.05, 0) is 38.8 Å². The van der Waals surface area contributed by atoms with Crippen molar-refractivity contribution in [1.29, 1.82) is 0 Å². The van der Waals surface area contributed by atoms with Gasteiger partial charge >= 0.3 is 5.97 Å². The van der Waals surface area contributed by atoms with Gasteiger partial charge in [0.2, 0.25) is 9.84 Å². The van der Waals surface area contributed by atoms with Crippen LogP contribution in [0.1, 0.15) is 26.7 Å². The maximum absolute atomic E-state index is 12.7. The molecule has 1 fully saturated rings. The van der Waals surface area contributed by atoms with E-state index in [0.29, 0.717) is 12.8 Å². The van der Waals surface area contributed by atoms with Crippen LogP contribution < -0.4 is 5.32 Å². The maximum atomic E-state index is 12.7. The van der Waals surface area contributed by atoms with E-state index in [9.17, 15) is 18.0 Å². The number of carbonyl (C=O) groups excluding carboxylic acids is 2. The molecule has 1 saturated heterocycles. The Hall–Kier alpha value is -2.15. The maximum Gasteiger partial charge on any atom is 0.328 e. The van der Waals surface area contributed by atoms with Crippen molar-refractivity contribution < 1.29 is 22.7 Å². The second-order valence-electron chi connectivity index (χ2n) is 5.17. The monoisotopic (exact) mass is 337 g/mol. The first-order valence-corrected chi connectivity index (χ1v) is 8.83. The number of rotatable bonds is 5. The van der Waals surface area contributed by atoms with Crippen molar-refractivity contribution in [1.82, 2.24) is 5.32 Å². The number of benzene rings is 1. The molecule has 0 amide bonds. The standard InChI is InChI=1S/C16H19NO5S/c1-3-22-16(19)14-10-9-13(17-14)15(11(2)18)23(20,21)12-7-5-4-6-8-12/h4-8,14,17H,3,9-10H2,1-2H3/b15-13-/t14-/m0/s1. The van der Waals surface area contributed by atoms with E-state index in [0.717, 1.165) is 0 Å². The summed E-state index contributed by atoms with van der Waals surface area (Å²) in [5.74, 6) is -0.997. The predicted molar refractivity (Wildman–Crippen MR) is 84.1 cm³/mol.